The molecule has 0 saturated carbocycles. The van der Waals surface area contributed by atoms with Gasteiger partial charge in [-0.15, -0.1) is 0 Å². The molecule has 1 rings (SSSR count). The Labute approximate surface area is 117 Å². The van der Waals surface area contributed by atoms with Gasteiger partial charge in [0.25, 0.3) is 0 Å². The Morgan fingerprint density at radius 2 is 1.68 bits per heavy atom. The summed E-state index contributed by atoms with van der Waals surface area (Å²) in [6, 6.07) is 6.47. The van der Waals surface area contributed by atoms with Crippen LogP contribution in [0.4, 0.5) is 5.69 Å². The number of halogens is 1. The van der Waals surface area contributed by atoms with Gasteiger partial charge in [0.2, 0.25) is 0 Å². The first-order valence-electron chi connectivity index (χ1n) is 5.99. The van der Waals surface area contributed by atoms with Crippen molar-refractivity contribution in [1.82, 2.24) is 5.43 Å². The first-order chi connectivity index (χ1) is 9.06. The molecule has 0 bridgehead atoms. The maximum absolute atomic E-state index is 11.6. The molecule has 19 heavy (non-hydrogen) atoms. The largest absolute Gasteiger partial charge is 0.329 e. The lowest BCUT2D eigenvalue weighted by Crippen LogP contribution is -2.32. The van der Waals surface area contributed by atoms with Crippen molar-refractivity contribution in [2.24, 2.45) is 5.10 Å². The van der Waals surface area contributed by atoms with E-state index in [0.29, 0.717) is 10.7 Å². The first kappa shape index (κ1) is 15.2. The summed E-state index contributed by atoms with van der Waals surface area (Å²) < 4.78 is 0. The quantitative estimate of drug-likeness (QED) is 0.506. The number of carbonyl (C=O) groups is 2. The number of rotatable bonds is 4. The minimum absolute atomic E-state index is 0.500. The van der Waals surface area contributed by atoms with E-state index in [2.05, 4.69) is 15.8 Å². The van der Waals surface area contributed by atoms with E-state index in [1.165, 1.54) is 0 Å². The number of anilines is 1. The van der Waals surface area contributed by atoms with E-state index in [9.17, 15) is 9.59 Å². The molecule has 0 atom stereocenters. The van der Waals surface area contributed by atoms with Gasteiger partial charge in [-0.3, -0.25) is 9.59 Å². The van der Waals surface area contributed by atoms with E-state index < -0.39 is 11.8 Å². The van der Waals surface area contributed by atoms with E-state index >= 15 is 0 Å². The van der Waals surface area contributed by atoms with Gasteiger partial charge < -0.3 is 5.32 Å². The molecule has 2 amide bonds. The molecule has 0 aliphatic heterocycles. The summed E-state index contributed by atoms with van der Waals surface area (Å²) in [5.74, 6) is -1.56. The molecule has 2 N–H and O–H groups in total. The first-order valence-corrected chi connectivity index (χ1v) is 6.37. The van der Waals surface area contributed by atoms with E-state index in [0.717, 1.165) is 18.6 Å². The Kier molecular flexibility index (Phi) is 6.02. The Balaban J connectivity index is 2.56. The molecule has 0 saturated heterocycles. The molecule has 1 aromatic carbocycles. The van der Waals surface area contributed by atoms with Crippen LogP contribution in [0, 0.1) is 0 Å². The van der Waals surface area contributed by atoms with Gasteiger partial charge in [0.05, 0.1) is 0 Å². The van der Waals surface area contributed by atoms with Gasteiger partial charge in [-0.25, -0.2) is 5.43 Å². The summed E-state index contributed by atoms with van der Waals surface area (Å²) in [5, 5.41) is 6.88. The average molecular weight is 282 g/mol. The maximum Gasteiger partial charge on any atom is 0.329 e. The van der Waals surface area contributed by atoms with Crippen molar-refractivity contribution in [2.75, 3.05) is 5.32 Å². The van der Waals surface area contributed by atoms with Gasteiger partial charge in [-0.2, -0.15) is 5.10 Å². The highest BCUT2D eigenvalue weighted by Crippen LogP contribution is 2.13. The normalized spacial score (nSPS) is 9.63. The van der Waals surface area contributed by atoms with Crippen LogP contribution >= 0.6 is 11.6 Å². The third-order valence-corrected chi connectivity index (χ3v) is 2.69. The topological polar surface area (TPSA) is 70.6 Å². The van der Waals surface area contributed by atoms with Gasteiger partial charge in [0.15, 0.2) is 0 Å². The average Bonchev–Trinajstić information content (AvgIpc) is 2.42. The summed E-state index contributed by atoms with van der Waals surface area (Å²) in [6.07, 6.45) is 1.46. The monoisotopic (exact) mass is 281 g/mol. The zero-order chi connectivity index (χ0) is 14.3. The Bertz CT molecular complexity index is 477. The van der Waals surface area contributed by atoms with Crippen LogP contribution in [0.15, 0.2) is 29.4 Å². The second-order valence-electron chi connectivity index (χ2n) is 3.79. The van der Waals surface area contributed by atoms with Crippen molar-refractivity contribution in [3.8, 4) is 0 Å². The molecule has 0 fully saturated rings. The second-order valence-corrected chi connectivity index (χ2v) is 4.22. The highest BCUT2D eigenvalue weighted by atomic mass is 35.5. The minimum atomic E-state index is -0.797. The van der Waals surface area contributed by atoms with Crippen molar-refractivity contribution >= 4 is 34.8 Å². The smallest absolute Gasteiger partial charge is 0.318 e. The van der Waals surface area contributed by atoms with E-state index in [4.69, 9.17) is 11.6 Å². The second kappa shape index (κ2) is 7.53. The van der Waals surface area contributed by atoms with Gasteiger partial charge in [-0.05, 0) is 37.1 Å². The fourth-order valence-electron chi connectivity index (χ4n) is 1.31. The van der Waals surface area contributed by atoms with Gasteiger partial charge in [-0.1, -0.05) is 25.4 Å². The molecule has 0 heterocycles. The zero-order valence-corrected chi connectivity index (χ0v) is 11.6. The lowest BCUT2D eigenvalue weighted by atomic mass is 10.2. The number of carbonyl (C=O) groups excluding carboxylic acids is 2. The van der Waals surface area contributed by atoms with Crippen molar-refractivity contribution < 1.29 is 9.59 Å². The van der Waals surface area contributed by atoms with Crippen LogP contribution < -0.4 is 10.7 Å². The van der Waals surface area contributed by atoms with E-state index in [1.54, 1.807) is 24.3 Å². The van der Waals surface area contributed by atoms with Crippen LogP contribution in [-0.2, 0) is 9.59 Å². The van der Waals surface area contributed by atoms with Gasteiger partial charge in [0.1, 0.15) is 0 Å². The van der Waals surface area contributed by atoms with Crippen LogP contribution in [0.5, 0.6) is 0 Å². The molecule has 0 spiro atoms. The predicted octanol–water partition coefficient (Wildman–Crippen LogP) is 2.57. The SMILES string of the molecule is CCC(CC)=NNC(=O)C(=O)Nc1ccc(Cl)cc1. The molecule has 0 aromatic heterocycles. The van der Waals surface area contributed by atoms with E-state index in [1.807, 2.05) is 13.8 Å². The molecule has 5 nitrogen and oxygen atoms in total. The summed E-state index contributed by atoms with van der Waals surface area (Å²) in [5.41, 5.74) is 3.55. The van der Waals surface area contributed by atoms with Crippen LogP contribution in [0.2, 0.25) is 5.02 Å². The lowest BCUT2D eigenvalue weighted by molar-refractivity contribution is -0.136. The Morgan fingerprint density at radius 1 is 1.11 bits per heavy atom. The number of hydrogen-bond donors (Lipinski definition) is 2. The molecule has 0 radical (unpaired) electrons. The molecule has 0 unspecified atom stereocenters. The molecule has 1 aromatic rings. The molecule has 6 heteroatoms. The van der Waals surface area contributed by atoms with Crippen molar-refractivity contribution in [2.45, 2.75) is 26.7 Å². The minimum Gasteiger partial charge on any atom is -0.318 e. The zero-order valence-electron chi connectivity index (χ0n) is 10.9. The third-order valence-electron chi connectivity index (χ3n) is 2.44. The Morgan fingerprint density at radius 3 is 2.21 bits per heavy atom. The van der Waals surface area contributed by atoms with Crippen LogP contribution in [0.3, 0.4) is 0 Å². The number of benzene rings is 1. The number of hydrazone groups is 1. The highest BCUT2D eigenvalue weighted by Gasteiger charge is 2.13. The standard InChI is InChI=1S/C13H16ClN3O2/c1-3-10(4-2)16-17-13(19)12(18)15-11-7-5-9(14)6-8-11/h5-8H,3-4H2,1-2H3,(H,15,18)(H,17,19). The fraction of sp³-hybridized carbons (Fsp3) is 0.308. The lowest BCUT2D eigenvalue weighted by Gasteiger charge is -2.04. The Hall–Kier alpha value is -1.88. The van der Waals surface area contributed by atoms with Crippen LogP contribution in [0.1, 0.15) is 26.7 Å². The molecule has 102 valence electrons. The molecule has 0 aliphatic carbocycles. The molecule has 0 aliphatic rings. The number of amides is 2. The number of nitrogens with zero attached hydrogens (tertiary/aromatic N) is 1. The third kappa shape index (κ3) is 5.09. The predicted molar refractivity (Wildman–Crippen MR) is 76.2 cm³/mol. The summed E-state index contributed by atoms with van der Waals surface area (Å²) in [7, 11) is 0. The van der Waals surface area contributed by atoms with Gasteiger partial charge in [0, 0.05) is 16.4 Å². The maximum atomic E-state index is 11.6. The van der Waals surface area contributed by atoms with Gasteiger partial charge >= 0.3 is 11.8 Å². The highest BCUT2D eigenvalue weighted by molar-refractivity contribution is 6.39. The van der Waals surface area contributed by atoms with Crippen molar-refractivity contribution in [1.29, 1.82) is 0 Å². The van der Waals surface area contributed by atoms with E-state index in [-0.39, 0.29) is 0 Å². The van der Waals surface area contributed by atoms with Crippen molar-refractivity contribution in [3.05, 3.63) is 29.3 Å². The number of hydrogen-bond acceptors (Lipinski definition) is 3. The summed E-state index contributed by atoms with van der Waals surface area (Å²) in [4.78, 5) is 23.1. The van der Waals surface area contributed by atoms with Crippen molar-refractivity contribution in [3.63, 3.8) is 0 Å². The summed E-state index contributed by atoms with van der Waals surface area (Å²) >= 11 is 5.72. The summed E-state index contributed by atoms with van der Waals surface area (Å²) in [6.45, 7) is 3.87. The molecular formula is C13H16ClN3O2. The number of nitrogens with one attached hydrogen (secondary N) is 2. The van der Waals surface area contributed by atoms with Crippen LogP contribution in [0.25, 0.3) is 0 Å². The molecular weight excluding hydrogens is 266 g/mol. The fourth-order valence-corrected chi connectivity index (χ4v) is 1.44. The van der Waals surface area contributed by atoms with Crippen LogP contribution in [-0.4, -0.2) is 17.5 Å².